The fourth-order valence-corrected chi connectivity index (χ4v) is 2.29. The van der Waals surface area contributed by atoms with E-state index in [0.29, 0.717) is 28.8 Å². The molecule has 0 radical (unpaired) electrons. The number of H-pyrrole nitrogens is 1. The third-order valence-electron chi connectivity index (χ3n) is 3.37. The van der Waals surface area contributed by atoms with Gasteiger partial charge in [0, 0.05) is 0 Å². The van der Waals surface area contributed by atoms with Crippen LogP contribution in [-0.2, 0) is 0 Å². The number of benzene rings is 1. The summed E-state index contributed by atoms with van der Waals surface area (Å²) in [6.07, 6.45) is 0.722. The molecular weight excluding hydrogens is 318 g/mol. The lowest BCUT2D eigenvalue weighted by atomic mass is 10.2. The molecule has 0 unspecified atom stereocenters. The van der Waals surface area contributed by atoms with E-state index < -0.39 is 0 Å². The Morgan fingerprint density at radius 1 is 1.35 bits per heavy atom. The molecule has 3 rings (SSSR count). The molecule has 1 atom stereocenters. The molecule has 3 aromatic rings. The number of hydrogen-bond donors (Lipinski definition) is 2. The van der Waals surface area contributed by atoms with E-state index in [9.17, 15) is 4.79 Å². The van der Waals surface area contributed by atoms with Crippen LogP contribution in [-0.4, -0.2) is 32.5 Å². The van der Waals surface area contributed by atoms with Gasteiger partial charge in [0.25, 0.3) is 0 Å². The van der Waals surface area contributed by atoms with Crippen molar-refractivity contribution in [1.82, 2.24) is 19.8 Å². The van der Waals surface area contributed by atoms with Gasteiger partial charge in [0.2, 0.25) is 0 Å². The summed E-state index contributed by atoms with van der Waals surface area (Å²) >= 11 is 6.11. The average Bonchev–Trinajstić information content (AvgIpc) is 2.94. The summed E-state index contributed by atoms with van der Waals surface area (Å²) in [5.74, 6) is 1.22. The van der Waals surface area contributed by atoms with Crippen LogP contribution in [0.4, 0.5) is 5.82 Å². The standard InChI is InChI=1S/C15H16ClN5O2/c1-2-10(23-12-6-4-3-5-11(12)16)9-17-13-7-8-14-18-19-15(22)21(14)20-13/h3-8,10H,2,9H2,1H3,(H,17,20)(H,19,22)/t10-/m1/s1. The van der Waals surface area contributed by atoms with Crippen LogP contribution >= 0.6 is 11.6 Å². The number of aromatic amines is 1. The summed E-state index contributed by atoms with van der Waals surface area (Å²) in [4.78, 5) is 11.5. The Bertz CT molecular complexity index is 860. The van der Waals surface area contributed by atoms with E-state index in [-0.39, 0.29) is 11.8 Å². The topological polar surface area (TPSA) is 84.3 Å². The van der Waals surface area contributed by atoms with Crippen molar-refractivity contribution in [1.29, 1.82) is 0 Å². The van der Waals surface area contributed by atoms with Crippen LogP contribution in [0.25, 0.3) is 5.65 Å². The molecule has 2 heterocycles. The van der Waals surface area contributed by atoms with Crippen LogP contribution in [0.5, 0.6) is 5.75 Å². The van der Waals surface area contributed by atoms with Gasteiger partial charge in [-0.15, -0.1) is 5.10 Å². The highest BCUT2D eigenvalue weighted by atomic mass is 35.5. The largest absolute Gasteiger partial charge is 0.487 e. The van der Waals surface area contributed by atoms with Crippen molar-refractivity contribution in [2.45, 2.75) is 19.4 Å². The molecule has 2 aromatic heterocycles. The number of aromatic nitrogens is 4. The molecule has 8 heteroatoms. The molecule has 120 valence electrons. The smallest absolute Gasteiger partial charge is 0.364 e. The number of ether oxygens (including phenoxy) is 1. The summed E-state index contributed by atoms with van der Waals surface area (Å²) in [5.41, 5.74) is 0.0999. The van der Waals surface area contributed by atoms with Crippen molar-refractivity contribution in [3.05, 3.63) is 51.9 Å². The van der Waals surface area contributed by atoms with Crippen LogP contribution in [0, 0.1) is 0 Å². The fraction of sp³-hybridized carbons (Fsp3) is 0.267. The second-order valence-corrected chi connectivity index (χ2v) is 5.38. The number of fused-ring (bicyclic) bond motifs is 1. The van der Waals surface area contributed by atoms with Gasteiger partial charge >= 0.3 is 5.69 Å². The third kappa shape index (κ3) is 3.45. The molecule has 0 fully saturated rings. The first-order valence-electron chi connectivity index (χ1n) is 7.27. The van der Waals surface area contributed by atoms with Crippen molar-refractivity contribution >= 4 is 23.1 Å². The minimum absolute atomic E-state index is 0.0755. The summed E-state index contributed by atoms with van der Waals surface area (Å²) in [5, 5.41) is 14.1. The predicted molar refractivity (Wildman–Crippen MR) is 88.3 cm³/mol. The Balaban J connectivity index is 1.68. The number of para-hydroxylation sites is 1. The summed E-state index contributed by atoms with van der Waals surface area (Å²) in [6.45, 7) is 2.56. The van der Waals surface area contributed by atoms with E-state index in [0.717, 1.165) is 6.42 Å². The number of anilines is 1. The first kappa shape index (κ1) is 15.4. The average molecular weight is 334 g/mol. The maximum absolute atomic E-state index is 11.5. The zero-order chi connectivity index (χ0) is 16.2. The monoisotopic (exact) mass is 333 g/mol. The van der Waals surface area contributed by atoms with Gasteiger partial charge in [-0.2, -0.15) is 9.61 Å². The molecule has 0 amide bonds. The van der Waals surface area contributed by atoms with E-state index in [1.807, 2.05) is 25.1 Å². The van der Waals surface area contributed by atoms with Crippen molar-refractivity contribution < 1.29 is 4.74 Å². The third-order valence-corrected chi connectivity index (χ3v) is 3.68. The Labute approximate surface area is 137 Å². The van der Waals surface area contributed by atoms with Gasteiger partial charge < -0.3 is 10.1 Å². The zero-order valence-corrected chi connectivity index (χ0v) is 13.2. The molecule has 7 nitrogen and oxygen atoms in total. The first-order chi connectivity index (χ1) is 11.2. The molecule has 0 aliphatic heterocycles. The Hall–Kier alpha value is -2.54. The van der Waals surface area contributed by atoms with Gasteiger partial charge in [0.1, 0.15) is 17.7 Å². The van der Waals surface area contributed by atoms with Crippen molar-refractivity contribution in [2.24, 2.45) is 0 Å². The lowest BCUT2D eigenvalue weighted by Gasteiger charge is -2.19. The normalized spacial score (nSPS) is 12.3. The molecule has 0 saturated carbocycles. The van der Waals surface area contributed by atoms with Crippen LogP contribution in [0.2, 0.25) is 5.02 Å². The van der Waals surface area contributed by atoms with E-state index in [1.54, 1.807) is 18.2 Å². The molecule has 0 spiro atoms. The second kappa shape index (κ2) is 6.70. The number of nitrogens with one attached hydrogen (secondary N) is 2. The molecular formula is C15H16ClN5O2. The Morgan fingerprint density at radius 2 is 2.17 bits per heavy atom. The summed E-state index contributed by atoms with van der Waals surface area (Å²) in [7, 11) is 0. The number of hydrogen-bond acceptors (Lipinski definition) is 5. The molecule has 23 heavy (non-hydrogen) atoms. The van der Waals surface area contributed by atoms with Crippen molar-refractivity contribution in [2.75, 3.05) is 11.9 Å². The van der Waals surface area contributed by atoms with Crippen molar-refractivity contribution in [3.63, 3.8) is 0 Å². The van der Waals surface area contributed by atoms with Crippen LogP contribution in [0.3, 0.4) is 0 Å². The van der Waals surface area contributed by atoms with Gasteiger partial charge in [-0.05, 0) is 30.7 Å². The first-order valence-corrected chi connectivity index (χ1v) is 7.64. The molecule has 0 saturated heterocycles. The quantitative estimate of drug-likeness (QED) is 0.723. The minimum atomic E-state index is -0.372. The van der Waals surface area contributed by atoms with Gasteiger partial charge in [0.05, 0.1) is 11.6 Å². The summed E-state index contributed by atoms with van der Waals surface area (Å²) < 4.78 is 7.11. The van der Waals surface area contributed by atoms with Crippen molar-refractivity contribution in [3.8, 4) is 5.75 Å². The minimum Gasteiger partial charge on any atom is -0.487 e. The maximum Gasteiger partial charge on any atom is 0.364 e. The van der Waals surface area contributed by atoms with Gasteiger partial charge in [-0.25, -0.2) is 9.89 Å². The van der Waals surface area contributed by atoms with Crippen LogP contribution in [0.1, 0.15) is 13.3 Å². The van der Waals surface area contributed by atoms with Crippen LogP contribution < -0.4 is 15.7 Å². The Morgan fingerprint density at radius 3 is 2.96 bits per heavy atom. The summed E-state index contributed by atoms with van der Waals surface area (Å²) in [6, 6.07) is 10.8. The fourth-order valence-electron chi connectivity index (χ4n) is 2.10. The maximum atomic E-state index is 11.5. The lowest BCUT2D eigenvalue weighted by molar-refractivity contribution is 0.210. The number of halogens is 1. The zero-order valence-electron chi connectivity index (χ0n) is 12.5. The molecule has 0 aliphatic carbocycles. The van der Waals surface area contributed by atoms with Gasteiger partial charge in [0.15, 0.2) is 5.65 Å². The van der Waals surface area contributed by atoms with E-state index in [2.05, 4.69) is 20.6 Å². The highest BCUT2D eigenvalue weighted by Gasteiger charge is 2.11. The second-order valence-electron chi connectivity index (χ2n) is 4.98. The van der Waals surface area contributed by atoms with E-state index >= 15 is 0 Å². The number of nitrogens with zero attached hydrogens (tertiary/aromatic N) is 3. The van der Waals surface area contributed by atoms with Gasteiger partial charge in [-0.1, -0.05) is 30.7 Å². The van der Waals surface area contributed by atoms with Gasteiger partial charge in [-0.3, -0.25) is 0 Å². The van der Waals surface area contributed by atoms with Crippen LogP contribution in [0.15, 0.2) is 41.2 Å². The molecule has 1 aromatic carbocycles. The highest BCUT2D eigenvalue weighted by molar-refractivity contribution is 6.32. The predicted octanol–water partition coefficient (Wildman–Crippen LogP) is 2.34. The van der Waals surface area contributed by atoms with E-state index in [1.165, 1.54) is 4.52 Å². The van der Waals surface area contributed by atoms with E-state index in [4.69, 9.17) is 16.3 Å². The lowest BCUT2D eigenvalue weighted by Crippen LogP contribution is -2.26. The highest BCUT2D eigenvalue weighted by Crippen LogP contribution is 2.24. The SMILES string of the molecule is CC[C@H](CNc1ccc2n[nH]c(=O)n2n1)Oc1ccccc1Cl. The Kier molecular flexibility index (Phi) is 4.47. The number of rotatable bonds is 6. The molecule has 2 N–H and O–H groups in total. The molecule has 0 bridgehead atoms. The molecule has 0 aliphatic rings.